The van der Waals surface area contributed by atoms with Gasteiger partial charge in [0.2, 0.25) is 0 Å². The van der Waals surface area contributed by atoms with E-state index in [0.717, 1.165) is 0 Å². The minimum Gasteiger partial charge on any atom is -0.349 e. The van der Waals surface area contributed by atoms with Crippen molar-refractivity contribution in [2.24, 2.45) is 5.73 Å². The molecule has 1 aromatic heterocycles. The van der Waals surface area contributed by atoms with E-state index in [-0.39, 0.29) is 5.91 Å². The summed E-state index contributed by atoms with van der Waals surface area (Å²) in [4.78, 5) is 19.5. The first-order valence-corrected chi connectivity index (χ1v) is 4.75. The zero-order chi connectivity index (χ0) is 11.5. The van der Waals surface area contributed by atoms with E-state index in [1.165, 1.54) is 0 Å². The lowest BCUT2D eigenvalue weighted by Crippen LogP contribution is -2.45. The Labute approximate surface area is 89.1 Å². The third-order valence-corrected chi connectivity index (χ3v) is 1.71. The van der Waals surface area contributed by atoms with E-state index in [0.29, 0.717) is 18.1 Å². The smallest absolute Gasteiger partial charge is 0.270 e. The fourth-order valence-electron chi connectivity index (χ4n) is 0.981. The first kappa shape index (κ1) is 11.6. The van der Waals surface area contributed by atoms with E-state index in [1.807, 2.05) is 13.8 Å². The number of rotatable bonds is 3. The normalized spacial score (nSPS) is 11.2. The Morgan fingerprint density at radius 1 is 1.60 bits per heavy atom. The van der Waals surface area contributed by atoms with Gasteiger partial charge in [0.15, 0.2) is 0 Å². The molecule has 0 aromatic carbocycles. The summed E-state index contributed by atoms with van der Waals surface area (Å²) < 4.78 is 0. The Bertz CT molecular complexity index is 357. The minimum absolute atomic E-state index is 0.223. The van der Waals surface area contributed by atoms with Gasteiger partial charge in [0, 0.05) is 18.3 Å². The molecule has 15 heavy (non-hydrogen) atoms. The molecule has 5 heteroatoms. The van der Waals surface area contributed by atoms with Gasteiger partial charge in [0.25, 0.3) is 5.91 Å². The Kier molecular flexibility index (Phi) is 3.36. The highest BCUT2D eigenvalue weighted by atomic mass is 16.1. The molecule has 0 fully saturated rings. The number of nitrogens with one attached hydrogen (secondary N) is 1. The maximum Gasteiger partial charge on any atom is 0.270 e. The van der Waals surface area contributed by atoms with Gasteiger partial charge in [-0.2, -0.15) is 0 Å². The van der Waals surface area contributed by atoms with Crippen molar-refractivity contribution in [3.63, 3.8) is 0 Å². The van der Waals surface area contributed by atoms with E-state index in [1.54, 1.807) is 19.2 Å². The third kappa shape index (κ3) is 4.03. The van der Waals surface area contributed by atoms with Crippen LogP contribution in [0.2, 0.25) is 0 Å². The van der Waals surface area contributed by atoms with Gasteiger partial charge in [-0.05, 0) is 26.8 Å². The minimum atomic E-state index is -0.419. The number of nitrogens with two attached hydrogens (primary N) is 1. The fourth-order valence-corrected chi connectivity index (χ4v) is 0.981. The number of hydrogen-bond donors (Lipinski definition) is 2. The Balaban J connectivity index is 2.62. The van der Waals surface area contributed by atoms with Crippen LogP contribution >= 0.6 is 0 Å². The first-order valence-electron chi connectivity index (χ1n) is 4.75. The summed E-state index contributed by atoms with van der Waals surface area (Å²) in [6.45, 7) is 5.84. The van der Waals surface area contributed by atoms with Crippen LogP contribution in [0.15, 0.2) is 12.3 Å². The number of hydrogen-bond acceptors (Lipinski definition) is 4. The summed E-state index contributed by atoms with van der Waals surface area (Å²) in [6.07, 6.45) is 1.56. The zero-order valence-corrected chi connectivity index (χ0v) is 9.24. The molecule has 1 heterocycles. The molecule has 0 atom stereocenters. The van der Waals surface area contributed by atoms with Crippen LogP contribution in [-0.2, 0) is 0 Å². The largest absolute Gasteiger partial charge is 0.349 e. The van der Waals surface area contributed by atoms with Crippen LogP contribution < -0.4 is 11.1 Å². The van der Waals surface area contributed by atoms with Crippen molar-refractivity contribution < 1.29 is 4.79 Å². The molecule has 1 rings (SSSR count). The van der Waals surface area contributed by atoms with Gasteiger partial charge in [0.05, 0.1) is 0 Å². The molecule has 0 unspecified atom stereocenters. The third-order valence-electron chi connectivity index (χ3n) is 1.71. The van der Waals surface area contributed by atoms with Crippen LogP contribution in [0.25, 0.3) is 0 Å². The lowest BCUT2D eigenvalue weighted by molar-refractivity contribution is 0.0940. The van der Waals surface area contributed by atoms with Crippen molar-refractivity contribution in [1.29, 1.82) is 0 Å². The molecule has 0 radical (unpaired) electrons. The van der Waals surface area contributed by atoms with E-state index in [4.69, 9.17) is 5.73 Å². The monoisotopic (exact) mass is 208 g/mol. The maximum atomic E-state index is 11.6. The SMILES string of the molecule is Cc1nccc(C(=O)NCC(C)(C)N)n1. The van der Waals surface area contributed by atoms with Gasteiger partial charge in [-0.1, -0.05) is 0 Å². The maximum absolute atomic E-state index is 11.6. The van der Waals surface area contributed by atoms with E-state index >= 15 is 0 Å². The quantitative estimate of drug-likeness (QED) is 0.746. The average Bonchev–Trinajstić information content (AvgIpc) is 2.13. The second-order valence-corrected chi connectivity index (χ2v) is 4.16. The highest BCUT2D eigenvalue weighted by molar-refractivity contribution is 5.92. The van der Waals surface area contributed by atoms with Gasteiger partial charge in [-0.3, -0.25) is 4.79 Å². The summed E-state index contributed by atoms with van der Waals surface area (Å²) in [5.41, 5.74) is 5.69. The number of aryl methyl sites for hydroxylation is 1. The average molecular weight is 208 g/mol. The van der Waals surface area contributed by atoms with Crippen molar-refractivity contribution in [2.75, 3.05) is 6.54 Å². The molecule has 0 spiro atoms. The molecule has 1 aromatic rings. The fraction of sp³-hybridized carbons (Fsp3) is 0.500. The second kappa shape index (κ2) is 4.35. The van der Waals surface area contributed by atoms with Gasteiger partial charge < -0.3 is 11.1 Å². The highest BCUT2D eigenvalue weighted by Gasteiger charge is 2.13. The first-order chi connectivity index (χ1) is 6.88. The van der Waals surface area contributed by atoms with Gasteiger partial charge >= 0.3 is 0 Å². The predicted octanol–water partition coefficient (Wildman–Crippen LogP) is 0.252. The van der Waals surface area contributed by atoms with Crippen LogP contribution in [-0.4, -0.2) is 28.0 Å². The number of nitrogens with zero attached hydrogens (tertiary/aromatic N) is 2. The van der Waals surface area contributed by atoms with Crippen molar-refractivity contribution in [3.05, 3.63) is 23.8 Å². The number of aromatic nitrogens is 2. The Morgan fingerprint density at radius 3 is 2.80 bits per heavy atom. The number of carbonyl (C=O) groups excluding carboxylic acids is 1. The van der Waals surface area contributed by atoms with E-state index < -0.39 is 5.54 Å². The molecular weight excluding hydrogens is 192 g/mol. The summed E-state index contributed by atoms with van der Waals surface area (Å²) in [5.74, 6) is 0.355. The van der Waals surface area contributed by atoms with Gasteiger partial charge in [-0.15, -0.1) is 0 Å². The predicted molar refractivity (Wildman–Crippen MR) is 57.4 cm³/mol. The van der Waals surface area contributed by atoms with Crippen LogP contribution in [0, 0.1) is 6.92 Å². The highest BCUT2D eigenvalue weighted by Crippen LogP contribution is 1.97. The van der Waals surface area contributed by atoms with E-state index in [2.05, 4.69) is 15.3 Å². The van der Waals surface area contributed by atoms with Crippen molar-refractivity contribution in [2.45, 2.75) is 26.3 Å². The molecule has 0 bridgehead atoms. The summed E-state index contributed by atoms with van der Waals surface area (Å²) in [6, 6.07) is 1.58. The van der Waals surface area contributed by atoms with Gasteiger partial charge in [-0.25, -0.2) is 9.97 Å². The van der Waals surface area contributed by atoms with Gasteiger partial charge in [0.1, 0.15) is 11.5 Å². The summed E-state index contributed by atoms with van der Waals surface area (Å²) in [5, 5.41) is 2.71. The lowest BCUT2D eigenvalue weighted by atomic mass is 10.1. The van der Waals surface area contributed by atoms with Crippen molar-refractivity contribution >= 4 is 5.91 Å². The standard InChI is InChI=1S/C10H16N4O/c1-7-12-5-4-8(14-7)9(15)13-6-10(2,3)11/h4-5H,6,11H2,1-3H3,(H,13,15). The molecule has 0 aliphatic rings. The van der Waals surface area contributed by atoms with Crippen molar-refractivity contribution in [1.82, 2.24) is 15.3 Å². The molecule has 3 N–H and O–H groups in total. The summed E-state index contributed by atoms with van der Waals surface area (Å²) >= 11 is 0. The second-order valence-electron chi connectivity index (χ2n) is 4.16. The molecule has 5 nitrogen and oxygen atoms in total. The topological polar surface area (TPSA) is 80.9 Å². The summed E-state index contributed by atoms with van der Waals surface area (Å²) in [7, 11) is 0. The molecule has 0 saturated carbocycles. The zero-order valence-electron chi connectivity index (χ0n) is 9.24. The lowest BCUT2D eigenvalue weighted by Gasteiger charge is -2.18. The Morgan fingerprint density at radius 2 is 2.27 bits per heavy atom. The van der Waals surface area contributed by atoms with Crippen LogP contribution in [0.5, 0.6) is 0 Å². The molecule has 1 amide bonds. The van der Waals surface area contributed by atoms with Crippen molar-refractivity contribution in [3.8, 4) is 0 Å². The molecule has 0 aliphatic carbocycles. The number of amides is 1. The molecule has 82 valence electrons. The van der Waals surface area contributed by atoms with Crippen LogP contribution in [0.3, 0.4) is 0 Å². The number of carbonyl (C=O) groups is 1. The Hall–Kier alpha value is -1.49. The van der Waals surface area contributed by atoms with E-state index in [9.17, 15) is 4.79 Å². The molecule has 0 aliphatic heterocycles. The van der Waals surface area contributed by atoms with Crippen LogP contribution in [0.4, 0.5) is 0 Å². The molecular formula is C10H16N4O. The molecule has 0 saturated heterocycles. The van der Waals surface area contributed by atoms with Crippen LogP contribution in [0.1, 0.15) is 30.2 Å².